The molecule has 0 nitrogen and oxygen atoms in total. The number of rotatable bonds is 0. The molecule has 14 heavy (non-hydrogen) atoms. The van der Waals surface area contributed by atoms with E-state index >= 15 is 0 Å². The molecule has 1 aromatic rings. The van der Waals surface area contributed by atoms with Gasteiger partial charge < -0.3 is 0 Å². The van der Waals surface area contributed by atoms with Gasteiger partial charge in [-0.05, 0) is 72.9 Å². The average Bonchev–Trinajstić information content (AvgIpc) is 2.82. The van der Waals surface area contributed by atoms with Crippen molar-refractivity contribution in [1.82, 2.24) is 0 Å². The Morgan fingerprint density at radius 2 is 1.64 bits per heavy atom. The van der Waals surface area contributed by atoms with Gasteiger partial charge in [-0.3, -0.25) is 0 Å². The van der Waals surface area contributed by atoms with Gasteiger partial charge in [0.2, 0.25) is 0 Å². The van der Waals surface area contributed by atoms with Gasteiger partial charge in [0.1, 0.15) is 0 Å². The van der Waals surface area contributed by atoms with E-state index in [9.17, 15) is 0 Å². The van der Waals surface area contributed by atoms with Crippen LogP contribution in [0.25, 0.3) is 6.08 Å². The summed E-state index contributed by atoms with van der Waals surface area (Å²) in [6.45, 7) is 4.62. The van der Waals surface area contributed by atoms with Crippen LogP contribution >= 0.6 is 0 Å². The van der Waals surface area contributed by atoms with Gasteiger partial charge in [0.25, 0.3) is 0 Å². The number of hydrogen-bond acceptors (Lipinski definition) is 0. The summed E-state index contributed by atoms with van der Waals surface area (Å²) in [7, 11) is 0. The van der Waals surface area contributed by atoms with Crippen LogP contribution in [-0.2, 0) is 19.3 Å². The summed E-state index contributed by atoms with van der Waals surface area (Å²) in [5.41, 5.74) is 9.61. The Morgan fingerprint density at radius 1 is 0.929 bits per heavy atom. The Labute approximate surface area is 85.6 Å². The van der Waals surface area contributed by atoms with Gasteiger partial charge in [0.05, 0.1) is 0 Å². The Morgan fingerprint density at radius 3 is 2.43 bits per heavy atom. The van der Waals surface area contributed by atoms with E-state index in [1.165, 1.54) is 24.8 Å². The molecule has 2 aliphatic rings. The first kappa shape index (κ1) is 8.28. The average molecular weight is 184 g/mol. The van der Waals surface area contributed by atoms with Crippen molar-refractivity contribution in [2.75, 3.05) is 0 Å². The Balaban J connectivity index is 2.37. The zero-order valence-corrected chi connectivity index (χ0v) is 8.98. The highest BCUT2D eigenvalue weighted by Gasteiger charge is 2.22. The van der Waals surface area contributed by atoms with E-state index in [-0.39, 0.29) is 0 Å². The van der Waals surface area contributed by atoms with Crippen LogP contribution in [0, 0.1) is 13.8 Å². The summed E-state index contributed by atoms with van der Waals surface area (Å²) >= 11 is 0. The first-order valence-electron chi connectivity index (χ1n) is 5.59. The minimum Gasteiger partial charge on any atom is -0.0795 e. The van der Waals surface area contributed by atoms with Crippen LogP contribution in [0.15, 0.2) is 6.08 Å². The molecule has 0 fully saturated rings. The van der Waals surface area contributed by atoms with E-state index in [2.05, 4.69) is 26.0 Å². The van der Waals surface area contributed by atoms with Crippen molar-refractivity contribution in [3.63, 3.8) is 0 Å². The molecule has 0 atom stereocenters. The van der Waals surface area contributed by atoms with Crippen LogP contribution in [0.5, 0.6) is 0 Å². The van der Waals surface area contributed by atoms with E-state index in [1.54, 1.807) is 27.8 Å². The predicted molar refractivity (Wildman–Crippen MR) is 60.7 cm³/mol. The molecule has 0 heterocycles. The summed E-state index contributed by atoms with van der Waals surface area (Å²) in [6.07, 6.45) is 9.77. The molecule has 1 aromatic carbocycles. The molecule has 2 aliphatic carbocycles. The van der Waals surface area contributed by atoms with Gasteiger partial charge in [-0.25, -0.2) is 0 Å². The van der Waals surface area contributed by atoms with Crippen LogP contribution in [0.3, 0.4) is 0 Å². The molecule has 0 saturated heterocycles. The molecule has 0 amide bonds. The van der Waals surface area contributed by atoms with Gasteiger partial charge in [0, 0.05) is 0 Å². The van der Waals surface area contributed by atoms with Gasteiger partial charge >= 0.3 is 0 Å². The van der Waals surface area contributed by atoms with E-state index in [0.29, 0.717) is 0 Å². The van der Waals surface area contributed by atoms with Crippen molar-refractivity contribution in [2.45, 2.75) is 39.5 Å². The number of hydrogen-bond donors (Lipinski definition) is 0. The smallest absolute Gasteiger partial charge is 0.00853 e. The molecule has 0 saturated carbocycles. The van der Waals surface area contributed by atoms with E-state index < -0.39 is 0 Å². The highest BCUT2D eigenvalue weighted by molar-refractivity contribution is 5.69. The van der Waals surface area contributed by atoms with E-state index in [0.717, 1.165) is 6.42 Å². The fourth-order valence-electron chi connectivity index (χ4n) is 3.13. The van der Waals surface area contributed by atoms with Gasteiger partial charge in [-0.2, -0.15) is 0 Å². The van der Waals surface area contributed by atoms with Gasteiger partial charge in [-0.15, -0.1) is 0 Å². The number of benzene rings is 1. The Bertz CT molecular complexity index is 432. The second-order valence-electron chi connectivity index (χ2n) is 4.56. The monoisotopic (exact) mass is 184 g/mol. The summed E-state index contributed by atoms with van der Waals surface area (Å²) in [5.74, 6) is 0. The molecule has 0 heteroatoms. The maximum Gasteiger partial charge on any atom is -0.00853 e. The molecule has 0 aromatic heterocycles. The molecular weight excluding hydrogens is 168 g/mol. The van der Waals surface area contributed by atoms with Crippen LogP contribution in [0.1, 0.15) is 39.8 Å². The normalized spacial score (nSPS) is 17.3. The Hall–Kier alpha value is -1.04. The molecule has 0 radical (unpaired) electrons. The molecular formula is C14H16. The quantitative estimate of drug-likeness (QED) is 0.580. The lowest BCUT2D eigenvalue weighted by atomic mass is 9.90. The largest absolute Gasteiger partial charge is 0.0795 e. The van der Waals surface area contributed by atoms with Gasteiger partial charge in [-0.1, -0.05) is 12.2 Å². The zero-order valence-electron chi connectivity index (χ0n) is 8.98. The highest BCUT2D eigenvalue weighted by atomic mass is 14.3. The molecule has 0 bridgehead atoms. The molecule has 0 unspecified atom stereocenters. The van der Waals surface area contributed by atoms with Crippen molar-refractivity contribution in [2.24, 2.45) is 0 Å². The summed E-state index contributed by atoms with van der Waals surface area (Å²) < 4.78 is 0. The predicted octanol–water partition coefficient (Wildman–Crippen LogP) is 3.36. The third kappa shape index (κ3) is 0.890. The van der Waals surface area contributed by atoms with Crippen LogP contribution < -0.4 is 0 Å². The SMILES string of the molecule is Cc1c2c(c(C)c3c1CCC3)CC=C2. The first-order chi connectivity index (χ1) is 6.79. The Kier molecular flexibility index (Phi) is 1.61. The van der Waals surface area contributed by atoms with Crippen molar-refractivity contribution in [1.29, 1.82) is 0 Å². The fraction of sp³-hybridized carbons (Fsp3) is 0.429. The van der Waals surface area contributed by atoms with Crippen molar-refractivity contribution < 1.29 is 0 Å². The zero-order chi connectivity index (χ0) is 9.71. The second kappa shape index (κ2) is 2.73. The van der Waals surface area contributed by atoms with Crippen molar-refractivity contribution in [3.05, 3.63) is 39.5 Å². The van der Waals surface area contributed by atoms with Gasteiger partial charge in [0.15, 0.2) is 0 Å². The van der Waals surface area contributed by atoms with Crippen molar-refractivity contribution in [3.8, 4) is 0 Å². The third-order valence-electron chi connectivity index (χ3n) is 3.91. The maximum absolute atomic E-state index is 2.32. The summed E-state index contributed by atoms with van der Waals surface area (Å²) in [6, 6.07) is 0. The van der Waals surface area contributed by atoms with Crippen molar-refractivity contribution >= 4 is 6.08 Å². The van der Waals surface area contributed by atoms with E-state index in [4.69, 9.17) is 0 Å². The first-order valence-corrected chi connectivity index (χ1v) is 5.59. The number of allylic oxidation sites excluding steroid dienone is 1. The molecule has 0 N–H and O–H groups in total. The molecule has 3 rings (SSSR count). The third-order valence-corrected chi connectivity index (χ3v) is 3.91. The minimum atomic E-state index is 1.16. The molecule has 0 aliphatic heterocycles. The van der Waals surface area contributed by atoms with Crippen LogP contribution in [0.2, 0.25) is 0 Å². The summed E-state index contributed by atoms with van der Waals surface area (Å²) in [5, 5.41) is 0. The molecule has 0 spiro atoms. The van der Waals surface area contributed by atoms with E-state index in [1.807, 2.05) is 0 Å². The minimum absolute atomic E-state index is 1.16. The number of fused-ring (bicyclic) bond motifs is 2. The molecule has 72 valence electrons. The lowest BCUT2D eigenvalue weighted by Crippen LogP contribution is -1.99. The summed E-state index contributed by atoms with van der Waals surface area (Å²) in [4.78, 5) is 0. The van der Waals surface area contributed by atoms with Crippen LogP contribution in [-0.4, -0.2) is 0 Å². The standard InChI is InChI=1S/C14H16/c1-9-11-5-3-7-13(11)10(2)14-8-4-6-12(9)14/h3,5H,4,6-8H2,1-2H3. The second-order valence-corrected chi connectivity index (χ2v) is 4.56. The lowest BCUT2D eigenvalue weighted by Gasteiger charge is -2.14. The van der Waals surface area contributed by atoms with Crippen LogP contribution in [0.4, 0.5) is 0 Å². The lowest BCUT2D eigenvalue weighted by molar-refractivity contribution is 0.906. The topological polar surface area (TPSA) is 0 Å². The highest BCUT2D eigenvalue weighted by Crippen LogP contribution is 2.36. The fourth-order valence-corrected chi connectivity index (χ4v) is 3.13. The maximum atomic E-state index is 2.32.